The molecule has 0 aliphatic carbocycles. The summed E-state index contributed by atoms with van der Waals surface area (Å²) in [6.45, 7) is 3.29. The first-order valence-corrected chi connectivity index (χ1v) is 9.26. The normalized spacial score (nSPS) is 11.8. The predicted molar refractivity (Wildman–Crippen MR) is 115 cm³/mol. The summed E-state index contributed by atoms with van der Waals surface area (Å²) in [5, 5.41) is 14.4. The number of hydrogen-bond donors (Lipinski definition) is 2. The van der Waals surface area contributed by atoms with Crippen LogP contribution in [0.15, 0.2) is 89.1 Å². The molecular weight excluding hydrogens is 364 g/mol. The van der Waals surface area contributed by atoms with E-state index < -0.39 is 6.04 Å². The third-order valence-corrected chi connectivity index (χ3v) is 4.24. The van der Waals surface area contributed by atoms with Crippen molar-refractivity contribution in [2.75, 3.05) is 10.6 Å². The Balaban J connectivity index is 1.55. The van der Waals surface area contributed by atoms with E-state index in [1.54, 1.807) is 31.2 Å². The van der Waals surface area contributed by atoms with Gasteiger partial charge in [0, 0.05) is 16.9 Å². The Morgan fingerprint density at radius 2 is 1.31 bits per heavy atom. The molecule has 3 aromatic rings. The highest BCUT2D eigenvalue weighted by molar-refractivity contribution is 5.97. The number of nitrogens with zero attached hydrogens (tertiary/aromatic N) is 2. The molecule has 0 aliphatic rings. The fourth-order valence-electron chi connectivity index (χ4n) is 2.59. The van der Waals surface area contributed by atoms with Gasteiger partial charge in [-0.1, -0.05) is 18.2 Å². The fraction of sp³-hybridized carbons (Fsp3) is 0.130. The zero-order valence-electron chi connectivity index (χ0n) is 16.3. The minimum Gasteiger partial charge on any atom is -0.374 e. The molecule has 3 rings (SSSR count). The van der Waals surface area contributed by atoms with Gasteiger partial charge in [-0.25, -0.2) is 0 Å². The summed E-state index contributed by atoms with van der Waals surface area (Å²) in [7, 11) is 0. The van der Waals surface area contributed by atoms with Crippen LogP contribution < -0.4 is 10.6 Å². The second-order valence-electron chi connectivity index (χ2n) is 6.57. The standard InChI is InChI=1S/C23H22N4O2/c1-16(23(29)25-20-10-8-18(9-11-20)17(2)28)24-19-12-14-22(15-13-19)27-26-21-6-4-3-5-7-21/h3-16,24H,1-2H3,(H,25,29)/t16-/m1/s1. The van der Waals surface area contributed by atoms with Crippen molar-refractivity contribution in [3.63, 3.8) is 0 Å². The van der Waals surface area contributed by atoms with E-state index in [0.29, 0.717) is 11.3 Å². The molecule has 1 atom stereocenters. The molecule has 0 fully saturated rings. The monoisotopic (exact) mass is 386 g/mol. The van der Waals surface area contributed by atoms with E-state index in [1.807, 2.05) is 54.6 Å². The van der Waals surface area contributed by atoms with Gasteiger partial charge in [-0.2, -0.15) is 10.2 Å². The highest BCUT2D eigenvalue weighted by Crippen LogP contribution is 2.20. The van der Waals surface area contributed by atoms with Crippen LogP contribution >= 0.6 is 0 Å². The Morgan fingerprint density at radius 1 is 0.759 bits per heavy atom. The molecule has 2 N–H and O–H groups in total. The van der Waals surface area contributed by atoms with Crippen molar-refractivity contribution in [1.82, 2.24) is 0 Å². The lowest BCUT2D eigenvalue weighted by molar-refractivity contribution is -0.116. The number of nitrogens with one attached hydrogen (secondary N) is 2. The SMILES string of the molecule is CC(=O)c1ccc(NC(=O)[C@@H](C)Nc2ccc(N=Nc3ccccc3)cc2)cc1. The quantitative estimate of drug-likeness (QED) is 0.401. The summed E-state index contributed by atoms with van der Waals surface area (Å²) in [6, 6.07) is 23.3. The Bertz CT molecular complexity index is 997. The Hall–Kier alpha value is -3.80. The highest BCUT2D eigenvalue weighted by Gasteiger charge is 2.13. The molecule has 0 aromatic heterocycles. The summed E-state index contributed by atoms with van der Waals surface area (Å²) in [5.41, 5.74) is 3.57. The maximum absolute atomic E-state index is 12.4. The van der Waals surface area contributed by atoms with Crippen LogP contribution in [0.4, 0.5) is 22.7 Å². The van der Waals surface area contributed by atoms with Crippen molar-refractivity contribution in [2.45, 2.75) is 19.9 Å². The van der Waals surface area contributed by atoms with Gasteiger partial charge in [-0.3, -0.25) is 9.59 Å². The van der Waals surface area contributed by atoms with Crippen molar-refractivity contribution in [3.05, 3.63) is 84.4 Å². The lowest BCUT2D eigenvalue weighted by Gasteiger charge is -2.15. The average molecular weight is 386 g/mol. The molecule has 6 heteroatoms. The number of Topliss-reactive ketones (excluding diaryl/α,β-unsaturated/α-hetero) is 1. The van der Waals surface area contributed by atoms with Gasteiger partial charge in [0.25, 0.3) is 0 Å². The smallest absolute Gasteiger partial charge is 0.246 e. The molecular formula is C23H22N4O2. The third kappa shape index (κ3) is 5.84. The Kier molecular flexibility index (Phi) is 6.47. The van der Waals surface area contributed by atoms with Crippen LogP contribution in [0.2, 0.25) is 0 Å². The number of carbonyl (C=O) groups is 2. The van der Waals surface area contributed by atoms with Crippen molar-refractivity contribution >= 4 is 34.4 Å². The molecule has 6 nitrogen and oxygen atoms in total. The lowest BCUT2D eigenvalue weighted by Crippen LogP contribution is -2.31. The van der Waals surface area contributed by atoms with Gasteiger partial charge in [-0.15, -0.1) is 0 Å². The molecule has 0 spiro atoms. The molecule has 0 unspecified atom stereocenters. The largest absolute Gasteiger partial charge is 0.374 e. The summed E-state index contributed by atoms with van der Waals surface area (Å²) >= 11 is 0. The second-order valence-corrected chi connectivity index (χ2v) is 6.57. The minimum absolute atomic E-state index is 0.00957. The van der Waals surface area contributed by atoms with Crippen molar-refractivity contribution in [2.24, 2.45) is 10.2 Å². The van der Waals surface area contributed by atoms with Crippen LogP contribution in [0.25, 0.3) is 0 Å². The van der Waals surface area contributed by atoms with Gasteiger partial charge in [-0.05, 0) is 74.5 Å². The van der Waals surface area contributed by atoms with E-state index in [-0.39, 0.29) is 11.7 Å². The molecule has 0 saturated heterocycles. The minimum atomic E-state index is -0.445. The van der Waals surface area contributed by atoms with E-state index in [4.69, 9.17) is 0 Å². The van der Waals surface area contributed by atoms with E-state index in [9.17, 15) is 9.59 Å². The molecule has 0 heterocycles. The van der Waals surface area contributed by atoms with Gasteiger partial charge >= 0.3 is 0 Å². The van der Waals surface area contributed by atoms with Gasteiger partial charge in [0.1, 0.15) is 6.04 Å². The highest BCUT2D eigenvalue weighted by atomic mass is 16.2. The van der Waals surface area contributed by atoms with Crippen LogP contribution in [0, 0.1) is 0 Å². The first-order chi connectivity index (χ1) is 14.0. The molecule has 0 aliphatic heterocycles. The van der Waals surface area contributed by atoms with E-state index in [1.165, 1.54) is 6.92 Å². The molecule has 146 valence electrons. The van der Waals surface area contributed by atoms with Crippen molar-refractivity contribution in [1.29, 1.82) is 0 Å². The van der Waals surface area contributed by atoms with Crippen LogP contribution in [-0.4, -0.2) is 17.7 Å². The van der Waals surface area contributed by atoms with Crippen molar-refractivity contribution < 1.29 is 9.59 Å². The Morgan fingerprint density at radius 3 is 1.90 bits per heavy atom. The second kappa shape index (κ2) is 9.41. The number of hydrogen-bond acceptors (Lipinski definition) is 5. The van der Waals surface area contributed by atoms with Gasteiger partial charge in [0.15, 0.2) is 5.78 Å². The third-order valence-electron chi connectivity index (χ3n) is 4.24. The average Bonchev–Trinajstić information content (AvgIpc) is 2.74. The maximum atomic E-state index is 12.4. The summed E-state index contributed by atoms with van der Waals surface area (Å²) < 4.78 is 0. The number of rotatable bonds is 7. The molecule has 0 bridgehead atoms. The summed E-state index contributed by atoms with van der Waals surface area (Å²) in [4.78, 5) is 23.7. The summed E-state index contributed by atoms with van der Waals surface area (Å²) in [5.74, 6) is -0.182. The van der Waals surface area contributed by atoms with E-state index in [2.05, 4.69) is 20.9 Å². The molecule has 0 radical (unpaired) electrons. The van der Waals surface area contributed by atoms with Gasteiger partial charge < -0.3 is 10.6 Å². The zero-order chi connectivity index (χ0) is 20.6. The molecule has 1 amide bonds. The summed E-state index contributed by atoms with van der Waals surface area (Å²) in [6.07, 6.45) is 0. The van der Waals surface area contributed by atoms with Crippen LogP contribution in [0.3, 0.4) is 0 Å². The van der Waals surface area contributed by atoms with Gasteiger partial charge in [0.05, 0.1) is 11.4 Å². The van der Waals surface area contributed by atoms with Gasteiger partial charge in [0.2, 0.25) is 5.91 Å². The lowest BCUT2D eigenvalue weighted by atomic mass is 10.1. The Labute approximate surface area is 169 Å². The number of anilines is 2. The van der Waals surface area contributed by atoms with E-state index >= 15 is 0 Å². The first-order valence-electron chi connectivity index (χ1n) is 9.26. The number of benzene rings is 3. The molecule has 0 saturated carbocycles. The van der Waals surface area contributed by atoms with Crippen LogP contribution in [0.1, 0.15) is 24.2 Å². The fourth-order valence-corrected chi connectivity index (χ4v) is 2.59. The topological polar surface area (TPSA) is 82.9 Å². The number of amides is 1. The van der Waals surface area contributed by atoms with E-state index in [0.717, 1.165) is 17.1 Å². The number of carbonyl (C=O) groups excluding carboxylic acids is 2. The molecule has 29 heavy (non-hydrogen) atoms. The number of azo groups is 1. The molecule has 3 aromatic carbocycles. The van der Waals surface area contributed by atoms with Crippen LogP contribution in [-0.2, 0) is 4.79 Å². The number of ketones is 1. The predicted octanol–water partition coefficient (Wildman–Crippen LogP) is 5.74. The van der Waals surface area contributed by atoms with Crippen LogP contribution in [0.5, 0.6) is 0 Å². The maximum Gasteiger partial charge on any atom is 0.246 e. The van der Waals surface area contributed by atoms with Crippen molar-refractivity contribution in [3.8, 4) is 0 Å². The zero-order valence-corrected chi connectivity index (χ0v) is 16.3. The first kappa shape index (κ1) is 19.9.